The van der Waals surface area contributed by atoms with Gasteiger partial charge in [0.15, 0.2) is 0 Å². The predicted molar refractivity (Wildman–Crippen MR) is 78.9 cm³/mol. The Bertz CT molecular complexity index is 314. The highest BCUT2D eigenvalue weighted by Gasteiger charge is 2.11. The zero-order valence-electron chi connectivity index (χ0n) is 10.9. The molecule has 0 spiro atoms. The van der Waals surface area contributed by atoms with Crippen molar-refractivity contribution in [3.8, 4) is 0 Å². The number of nitrogens with one attached hydrogen (secondary N) is 1. The van der Waals surface area contributed by atoms with Gasteiger partial charge in [-0.2, -0.15) is 11.8 Å². The van der Waals surface area contributed by atoms with Crippen LogP contribution in [0.1, 0.15) is 36.2 Å². The molecule has 1 heterocycles. The molecule has 0 amide bonds. The highest BCUT2D eigenvalue weighted by Crippen LogP contribution is 2.20. The van der Waals surface area contributed by atoms with E-state index in [-0.39, 0.29) is 6.04 Å². The molecular weight excluding hydrogens is 250 g/mol. The van der Waals surface area contributed by atoms with Gasteiger partial charge in [-0.25, -0.2) is 4.98 Å². The van der Waals surface area contributed by atoms with E-state index in [4.69, 9.17) is 5.73 Å². The lowest BCUT2D eigenvalue weighted by atomic mass is 10.2. The molecule has 1 aromatic rings. The molecule has 0 aliphatic heterocycles. The summed E-state index contributed by atoms with van der Waals surface area (Å²) in [4.78, 5) is 5.79. The lowest BCUT2D eigenvalue weighted by Crippen LogP contribution is -2.35. The van der Waals surface area contributed by atoms with E-state index in [1.165, 1.54) is 9.88 Å². The van der Waals surface area contributed by atoms with Crippen molar-refractivity contribution in [1.29, 1.82) is 0 Å². The SMILES string of the molecule is CCc1cnc(C(C)NC[C@@H](N)CCSC)s1. The fourth-order valence-corrected chi connectivity index (χ4v) is 2.90. The number of hydrogen-bond donors (Lipinski definition) is 2. The van der Waals surface area contributed by atoms with Gasteiger partial charge < -0.3 is 11.1 Å². The maximum absolute atomic E-state index is 6.02. The largest absolute Gasteiger partial charge is 0.327 e. The minimum absolute atomic E-state index is 0.246. The molecule has 3 N–H and O–H groups in total. The summed E-state index contributed by atoms with van der Waals surface area (Å²) in [7, 11) is 0. The number of nitrogens with two attached hydrogens (primary N) is 1. The molecule has 1 aromatic heterocycles. The summed E-state index contributed by atoms with van der Waals surface area (Å²) >= 11 is 3.64. The van der Waals surface area contributed by atoms with Gasteiger partial charge in [-0.1, -0.05) is 6.92 Å². The van der Waals surface area contributed by atoms with Gasteiger partial charge in [0.2, 0.25) is 0 Å². The maximum atomic E-state index is 6.02. The van der Waals surface area contributed by atoms with Crippen molar-refractivity contribution in [2.24, 2.45) is 5.73 Å². The molecule has 0 aromatic carbocycles. The maximum Gasteiger partial charge on any atom is 0.109 e. The monoisotopic (exact) mass is 273 g/mol. The first-order chi connectivity index (χ1) is 8.17. The highest BCUT2D eigenvalue weighted by atomic mass is 32.2. The zero-order valence-corrected chi connectivity index (χ0v) is 12.5. The van der Waals surface area contributed by atoms with E-state index < -0.39 is 0 Å². The summed E-state index contributed by atoms with van der Waals surface area (Å²) in [5.41, 5.74) is 6.02. The van der Waals surface area contributed by atoms with E-state index in [0.717, 1.165) is 25.1 Å². The molecule has 0 saturated heterocycles. The Hall–Kier alpha value is -0.100. The van der Waals surface area contributed by atoms with Crippen molar-refractivity contribution >= 4 is 23.1 Å². The Morgan fingerprint density at radius 2 is 2.35 bits per heavy atom. The van der Waals surface area contributed by atoms with Gasteiger partial charge in [-0.3, -0.25) is 0 Å². The molecule has 2 atom stereocenters. The molecular formula is C12H23N3S2. The van der Waals surface area contributed by atoms with Crippen LogP contribution in [0.25, 0.3) is 0 Å². The molecule has 0 radical (unpaired) electrons. The van der Waals surface area contributed by atoms with Gasteiger partial charge in [0.25, 0.3) is 0 Å². The summed E-state index contributed by atoms with van der Waals surface area (Å²) in [6.07, 6.45) is 6.23. The van der Waals surface area contributed by atoms with E-state index in [9.17, 15) is 0 Å². The number of thioether (sulfide) groups is 1. The van der Waals surface area contributed by atoms with E-state index >= 15 is 0 Å². The van der Waals surface area contributed by atoms with Gasteiger partial charge in [-0.15, -0.1) is 11.3 Å². The molecule has 17 heavy (non-hydrogen) atoms. The smallest absolute Gasteiger partial charge is 0.109 e. The lowest BCUT2D eigenvalue weighted by molar-refractivity contribution is 0.508. The zero-order chi connectivity index (χ0) is 12.7. The van der Waals surface area contributed by atoms with Gasteiger partial charge >= 0.3 is 0 Å². The topological polar surface area (TPSA) is 50.9 Å². The summed E-state index contributed by atoms with van der Waals surface area (Å²) < 4.78 is 0. The summed E-state index contributed by atoms with van der Waals surface area (Å²) in [6, 6.07) is 0.552. The summed E-state index contributed by atoms with van der Waals surface area (Å²) in [6.45, 7) is 5.18. The predicted octanol–water partition coefficient (Wildman–Crippen LogP) is 2.44. The Labute approximate surface area is 113 Å². The van der Waals surface area contributed by atoms with Crippen LogP contribution in [0, 0.1) is 0 Å². The first-order valence-electron chi connectivity index (χ1n) is 6.09. The van der Waals surface area contributed by atoms with E-state index in [1.807, 2.05) is 18.0 Å². The molecule has 98 valence electrons. The number of aromatic nitrogens is 1. The minimum Gasteiger partial charge on any atom is -0.327 e. The van der Waals surface area contributed by atoms with Crippen molar-refractivity contribution in [3.05, 3.63) is 16.1 Å². The minimum atomic E-state index is 0.246. The van der Waals surface area contributed by atoms with Crippen LogP contribution < -0.4 is 11.1 Å². The molecule has 1 rings (SSSR count). The Morgan fingerprint density at radius 1 is 1.59 bits per heavy atom. The molecule has 0 aliphatic carbocycles. The van der Waals surface area contributed by atoms with Crippen LogP contribution in [-0.4, -0.2) is 29.6 Å². The van der Waals surface area contributed by atoms with Crippen LogP contribution >= 0.6 is 23.1 Å². The van der Waals surface area contributed by atoms with Crippen molar-refractivity contribution in [2.45, 2.75) is 38.8 Å². The summed E-state index contributed by atoms with van der Waals surface area (Å²) in [5, 5.41) is 4.62. The van der Waals surface area contributed by atoms with Gasteiger partial charge in [0.1, 0.15) is 5.01 Å². The number of nitrogens with zero attached hydrogens (tertiary/aromatic N) is 1. The number of hydrogen-bond acceptors (Lipinski definition) is 5. The third-order valence-corrected chi connectivity index (χ3v) is 4.64. The Balaban J connectivity index is 2.31. The fraction of sp³-hybridized carbons (Fsp3) is 0.750. The molecule has 5 heteroatoms. The Morgan fingerprint density at radius 3 is 2.94 bits per heavy atom. The second-order valence-corrected chi connectivity index (χ2v) is 6.32. The van der Waals surface area contributed by atoms with Crippen molar-refractivity contribution in [3.63, 3.8) is 0 Å². The van der Waals surface area contributed by atoms with Crippen LogP contribution in [0.5, 0.6) is 0 Å². The number of rotatable bonds is 8. The van der Waals surface area contributed by atoms with E-state index in [0.29, 0.717) is 6.04 Å². The van der Waals surface area contributed by atoms with Crippen LogP contribution in [0.3, 0.4) is 0 Å². The van der Waals surface area contributed by atoms with E-state index in [2.05, 4.69) is 30.4 Å². The first kappa shape index (κ1) is 15.0. The van der Waals surface area contributed by atoms with Crippen molar-refractivity contribution in [1.82, 2.24) is 10.3 Å². The Kier molecular flexibility index (Phi) is 7.11. The van der Waals surface area contributed by atoms with Crippen LogP contribution in [-0.2, 0) is 6.42 Å². The average molecular weight is 273 g/mol. The summed E-state index contributed by atoms with van der Waals surface area (Å²) in [5.74, 6) is 1.13. The average Bonchev–Trinajstić information content (AvgIpc) is 2.82. The van der Waals surface area contributed by atoms with Crippen molar-refractivity contribution < 1.29 is 0 Å². The van der Waals surface area contributed by atoms with Crippen LogP contribution in [0.2, 0.25) is 0 Å². The normalized spacial score (nSPS) is 14.8. The van der Waals surface area contributed by atoms with Crippen LogP contribution in [0.4, 0.5) is 0 Å². The molecule has 0 bridgehead atoms. The van der Waals surface area contributed by atoms with Crippen LogP contribution in [0.15, 0.2) is 6.20 Å². The standard InChI is InChI=1S/C12H23N3S2/c1-4-11-8-15-12(17-11)9(2)14-7-10(13)5-6-16-3/h8-10,14H,4-7,13H2,1-3H3/t9?,10-/m0/s1. The van der Waals surface area contributed by atoms with Gasteiger partial charge in [-0.05, 0) is 31.8 Å². The van der Waals surface area contributed by atoms with E-state index in [1.54, 1.807) is 11.3 Å². The highest BCUT2D eigenvalue weighted by molar-refractivity contribution is 7.98. The second kappa shape index (κ2) is 8.08. The molecule has 1 unspecified atom stereocenters. The fourth-order valence-electron chi connectivity index (χ4n) is 1.47. The second-order valence-electron chi connectivity index (χ2n) is 4.19. The molecule has 3 nitrogen and oxygen atoms in total. The number of thiazole rings is 1. The molecule has 0 saturated carbocycles. The quantitative estimate of drug-likeness (QED) is 0.764. The molecule has 0 fully saturated rings. The van der Waals surface area contributed by atoms with Crippen molar-refractivity contribution in [2.75, 3.05) is 18.6 Å². The third-order valence-electron chi connectivity index (χ3n) is 2.67. The van der Waals surface area contributed by atoms with Gasteiger partial charge in [0.05, 0.1) is 6.04 Å². The molecule has 0 aliphatic rings. The number of aryl methyl sites for hydroxylation is 1. The van der Waals surface area contributed by atoms with Gasteiger partial charge in [0, 0.05) is 23.7 Å². The third kappa shape index (κ3) is 5.38. The first-order valence-corrected chi connectivity index (χ1v) is 8.30. The lowest BCUT2D eigenvalue weighted by Gasteiger charge is -2.15.